The van der Waals surface area contributed by atoms with Gasteiger partial charge in [-0.15, -0.1) is 0 Å². The van der Waals surface area contributed by atoms with E-state index in [4.69, 9.17) is 9.47 Å². The molecule has 5 rings (SSSR count). The Morgan fingerprint density at radius 2 is 1.92 bits per heavy atom. The average Bonchev–Trinajstić information content (AvgIpc) is 3.42. The monoisotopic (exact) mass is 512 g/mol. The predicted molar refractivity (Wildman–Crippen MR) is 145 cm³/mol. The minimum atomic E-state index is -0.467. The van der Waals surface area contributed by atoms with Crippen molar-refractivity contribution >= 4 is 5.91 Å². The van der Waals surface area contributed by atoms with Crippen LogP contribution in [-0.2, 0) is 6.54 Å². The number of aromatic hydroxyl groups is 1. The molecule has 2 aromatic heterocycles. The van der Waals surface area contributed by atoms with Crippen LogP contribution in [0.25, 0.3) is 11.3 Å². The van der Waals surface area contributed by atoms with Gasteiger partial charge in [-0.05, 0) is 73.7 Å². The molecule has 1 amide bonds. The second kappa shape index (κ2) is 10.6. The molecule has 4 aromatic rings. The Morgan fingerprint density at radius 1 is 1.08 bits per heavy atom. The van der Waals surface area contributed by atoms with Crippen LogP contribution in [-0.4, -0.2) is 44.3 Å². The zero-order valence-corrected chi connectivity index (χ0v) is 22.1. The van der Waals surface area contributed by atoms with Gasteiger partial charge in [0.25, 0.3) is 5.91 Å². The van der Waals surface area contributed by atoms with Gasteiger partial charge in [-0.3, -0.25) is 14.9 Å². The molecule has 2 N–H and O–H groups in total. The van der Waals surface area contributed by atoms with Crippen LogP contribution in [0.1, 0.15) is 64.6 Å². The average molecular weight is 513 g/mol. The van der Waals surface area contributed by atoms with Crippen LogP contribution in [0, 0.1) is 13.8 Å². The Bertz CT molecular complexity index is 1440. The van der Waals surface area contributed by atoms with Gasteiger partial charge in [0.1, 0.15) is 17.1 Å². The maximum absolute atomic E-state index is 13.8. The molecule has 38 heavy (non-hydrogen) atoms. The maximum Gasteiger partial charge on any atom is 0.273 e. The van der Waals surface area contributed by atoms with Gasteiger partial charge in [0.05, 0.1) is 19.3 Å². The molecule has 196 valence electrons. The lowest BCUT2D eigenvalue weighted by Gasteiger charge is -2.27. The Hall–Kier alpha value is -4.33. The lowest BCUT2D eigenvalue weighted by molar-refractivity contribution is 0.0729. The second-order valence-electron chi connectivity index (χ2n) is 9.52. The smallest absolute Gasteiger partial charge is 0.273 e. The molecular formula is C30H32N4O4. The largest absolute Gasteiger partial charge is 0.507 e. The van der Waals surface area contributed by atoms with Crippen LogP contribution in [0.3, 0.4) is 0 Å². The summed E-state index contributed by atoms with van der Waals surface area (Å²) < 4.78 is 11.9. The lowest BCUT2D eigenvalue weighted by Crippen LogP contribution is -2.29. The number of carbonyl (C=O) groups excluding carboxylic acids is 1. The number of aromatic amines is 1. The van der Waals surface area contributed by atoms with Crippen LogP contribution >= 0.6 is 0 Å². The standard InChI is InChI=1S/C30H32N4O4/c1-5-12-38-23-10-9-21(15-24(23)37-6-2)29-26-27(25-19(4)13-18(3)14-22(25)35)32-33-28(26)30(36)34(29)17-20-8-7-11-31-16-20/h7-11,13-16,29,35H,5-6,12,17H2,1-4H3,(H,32,33). The van der Waals surface area contributed by atoms with E-state index in [0.29, 0.717) is 48.2 Å². The fourth-order valence-corrected chi connectivity index (χ4v) is 5.13. The van der Waals surface area contributed by atoms with Gasteiger partial charge in [0.15, 0.2) is 11.5 Å². The predicted octanol–water partition coefficient (Wildman–Crippen LogP) is 5.73. The third kappa shape index (κ3) is 4.58. The highest BCUT2D eigenvalue weighted by atomic mass is 16.5. The van der Waals surface area contributed by atoms with Crippen molar-refractivity contribution in [2.24, 2.45) is 0 Å². The summed E-state index contributed by atoms with van der Waals surface area (Å²) in [6.07, 6.45) is 4.35. The van der Waals surface area contributed by atoms with Gasteiger partial charge in [-0.25, -0.2) is 0 Å². The van der Waals surface area contributed by atoms with E-state index in [-0.39, 0.29) is 11.7 Å². The molecule has 0 saturated carbocycles. The maximum atomic E-state index is 13.8. The van der Waals surface area contributed by atoms with E-state index in [1.165, 1.54) is 0 Å². The van der Waals surface area contributed by atoms with E-state index >= 15 is 0 Å². The van der Waals surface area contributed by atoms with Crippen LogP contribution in [0.15, 0.2) is 54.9 Å². The van der Waals surface area contributed by atoms with Crippen LogP contribution in [0.2, 0.25) is 0 Å². The van der Waals surface area contributed by atoms with E-state index in [1.807, 2.05) is 62.1 Å². The fourth-order valence-electron chi connectivity index (χ4n) is 5.13. The number of H-pyrrole nitrogens is 1. The Balaban J connectivity index is 1.68. The minimum Gasteiger partial charge on any atom is -0.507 e. The first-order valence-corrected chi connectivity index (χ1v) is 12.9. The van der Waals surface area contributed by atoms with Crippen molar-refractivity contribution in [2.75, 3.05) is 13.2 Å². The number of phenols is 1. The number of hydrogen-bond acceptors (Lipinski definition) is 6. The van der Waals surface area contributed by atoms with Crippen LogP contribution in [0.4, 0.5) is 0 Å². The first-order chi connectivity index (χ1) is 18.4. The first kappa shape index (κ1) is 25.3. The van der Waals surface area contributed by atoms with Gasteiger partial charge >= 0.3 is 0 Å². The van der Waals surface area contributed by atoms with E-state index < -0.39 is 6.04 Å². The molecular weight excluding hydrogens is 480 g/mol. The van der Waals surface area contributed by atoms with Crippen molar-refractivity contribution in [3.63, 3.8) is 0 Å². The minimum absolute atomic E-state index is 0.132. The van der Waals surface area contributed by atoms with Gasteiger partial charge in [0.2, 0.25) is 0 Å². The molecule has 0 aliphatic carbocycles. The highest BCUT2D eigenvalue weighted by molar-refractivity contribution is 6.00. The SMILES string of the molecule is CCCOc1ccc(C2c3c(-c4c(C)cc(C)cc4O)n[nH]c3C(=O)N2Cc2cccnc2)cc1OCC. The van der Waals surface area contributed by atoms with E-state index in [9.17, 15) is 9.90 Å². The molecule has 1 aliphatic heterocycles. The topological polar surface area (TPSA) is 101 Å². The van der Waals surface area contributed by atoms with Crippen LogP contribution < -0.4 is 9.47 Å². The van der Waals surface area contributed by atoms with E-state index in [0.717, 1.165) is 34.2 Å². The molecule has 8 heteroatoms. The van der Waals surface area contributed by atoms with Gasteiger partial charge in [-0.2, -0.15) is 5.10 Å². The van der Waals surface area contributed by atoms with Crippen molar-refractivity contribution in [1.82, 2.24) is 20.1 Å². The number of rotatable bonds is 9. The molecule has 8 nitrogen and oxygen atoms in total. The normalized spacial score (nSPS) is 14.6. The lowest BCUT2D eigenvalue weighted by atomic mass is 9.93. The van der Waals surface area contributed by atoms with Gasteiger partial charge < -0.3 is 19.5 Å². The molecule has 3 heterocycles. The number of nitrogens with one attached hydrogen (secondary N) is 1. The van der Waals surface area contributed by atoms with Crippen molar-refractivity contribution < 1.29 is 19.4 Å². The summed E-state index contributed by atoms with van der Waals surface area (Å²) >= 11 is 0. The number of pyridine rings is 1. The number of aromatic nitrogens is 3. The summed E-state index contributed by atoms with van der Waals surface area (Å²) in [5.74, 6) is 1.26. The number of hydrogen-bond donors (Lipinski definition) is 2. The number of amides is 1. The number of phenolic OH excluding ortho intramolecular Hbond substituents is 1. The third-order valence-corrected chi connectivity index (χ3v) is 6.68. The van der Waals surface area contributed by atoms with Crippen LogP contribution in [0.5, 0.6) is 17.2 Å². The van der Waals surface area contributed by atoms with Gasteiger partial charge in [-0.1, -0.05) is 25.1 Å². The third-order valence-electron chi connectivity index (χ3n) is 6.68. The Kier molecular flexibility index (Phi) is 7.05. The molecule has 1 unspecified atom stereocenters. The number of nitrogens with zero attached hydrogens (tertiary/aromatic N) is 3. The molecule has 1 aliphatic rings. The van der Waals surface area contributed by atoms with E-state index in [2.05, 4.69) is 22.1 Å². The number of carbonyl (C=O) groups is 1. The summed E-state index contributed by atoms with van der Waals surface area (Å²) in [6, 6.07) is 12.9. The molecule has 0 radical (unpaired) electrons. The summed E-state index contributed by atoms with van der Waals surface area (Å²) in [6.45, 7) is 9.28. The zero-order chi connectivity index (χ0) is 26.8. The zero-order valence-electron chi connectivity index (χ0n) is 22.1. The molecule has 0 saturated heterocycles. The summed E-state index contributed by atoms with van der Waals surface area (Å²) in [5.41, 5.74) is 5.92. The number of ether oxygens (including phenoxy) is 2. The van der Waals surface area contributed by atoms with Crippen molar-refractivity contribution in [3.8, 4) is 28.5 Å². The van der Waals surface area contributed by atoms with Crippen molar-refractivity contribution in [3.05, 3.63) is 88.4 Å². The molecule has 2 aromatic carbocycles. The molecule has 0 spiro atoms. The number of benzene rings is 2. The molecule has 0 fully saturated rings. The Labute approximate surface area is 222 Å². The highest BCUT2D eigenvalue weighted by Crippen LogP contribution is 2.47. The number of aryl methyl sites for hydroxylation is 2. The van der Waals surface area contributed by atoms with E-state index in [1.54, 1.807) is 18.5 Å². The molecule has 1 atom stereocenters. The fraction of sp³-hybridized carbons (Fsp3) is 0.300. The second-order valence-corrected chi connectivity index (χ2v) is 9.52. The quantitative estimate of drug-likeness (QED) is 0.297. The summed E-state index contributed by atoms with van der Waals surface area (Å²) in [5, 5.41) is 18.5. The first-order valence-electron chi connectivity index (χ1n) is 12.9. The van der Waals surface area contributed by atoms with Crippen molar-refractivity contribution in [2.45, 2.75) is 46.7 Å². The summed E-state index contributed by atoms with van der Waals surface area (Å²) in [7, 11) is 0. The summed E-state index contributed by atoms with van der Waals surface area (Å²) in [4.78, 5) is 19.8. The molecule has 0 bridgehead atoms. The van der Waals surface area contributed by atoms with Crippen molar-refractivity contribution in [1.29, 1.82) is 0 Å². The highest BCUT2D eigenvalue weighted by Gasteiger charge is 2.43. The van der Waals surface area contributed by atoms with Gasteiger partial charge in [0, 0.05) is 30.1 Å². The Morgan fingerprint density at radius 3 is 2.63 bits per heavy atom. The number of fused-ring (bicyclic) bond motifs is 1.